The molecule has 5 nitrogen and oxygen atoms in total. The van der Waals surface area contributed by atoms with E-state index in [2.05, 4.69) is 15.7 Å². The summed E-state index contributed by atoms with van der Waals surface area (Å²) in [6, 6.07) is 0. The molecule has 0 rings (SSSR count). The maximum absolute atomic E-state index is 8.52. The van der Waals surface area contributed by atoms with Crippen molar-refractivity contribution in [2.24, 2.45) is 0 Å². The summed E-state index contributed by atoms with van der Waals surface area (Å²) in [6.45, 7) is 0. The molecule has 0 N–H and O–H groups in total. The van der Waals surface area contributed by atoms with E-state index in [9.17, 15) is 0 Å². The number of hydrogen-bond acceptors (Lipinski definition) is 5. The Balaban J connectivity index is -0.0000000750. The molecule has 0 aromatic carbocycles. The van der Waals surface area contributed by atoms with Crippen LogP contribution in [0.5, 0.6) is 0 Å². The van der Waals surface area contributed by atoms with Crippen LogP contribution >= 0.6 is 0 Å². The van der Waals surface area contributed by atoms with Gasteiger partial charge in [-0.25, -0.2) is 0 Å². The van der Waals surface area contributed by atoms with Crippen molar-refractivity contribution in [3.8, 4) is 0 Å². The van der Waals surface area contributed by atoms with Gasteiger partial charge in [-0.2, -0.15) is 0 Å². The first-order chi connectivity index (χ1) is 3.00. The van der Waals surface area contributed by atoms with Gasteiger partial charge in [0.15, 0.2) is 0 Å². The van der Waals surface area contributed by atoms with Crippen LogP contribution in [0.4, 0.5) is 0 Å². The predicted molar refractivity (Wildman–Crippen MR) is 16.9 cm³/mol. The standard InChI is InChI=1S/Co.H2O4S.O.Sn/c;1-5(2,3)4;;/h;(H2,1,2,3,4);;/q;;;+2/p-2. The third-order valence-corrected chi connectivity index (χ3v) is 0. The Hall–Kier alpha value is 0.975. The summed E-state index contributed by atoms with van der Waals surface area (Å²) in [7, 11) is -5.17. The van der Waals surface area contributed by atoms with Crippen molar-refractivity contribution in [2.75, 3.05) is 0 Å². The van der Waals surface area contributed by atoms with Crippen molar-refractivity contribution in [2.45, 2.75) is 0 Å². The van der Waals surface area contributed by atoms with E-state index in [1.165, 1.54) is 0 Å². The molecule has 0 aromatic rings. The van der Waals surface area contributed by atoms with Crippen molar-refractivity contribution in [3.05, 3.63) is 0 Å². The third-order valence-electron chi connectivity index (χ3n) is 0. The minimum atomic E-state index is -5.17. The van der Waals surface area contributed by atoms with Crippen LogP contribution in [0, 0.1) is 0 Å². The van der Waals surface area contributed by atoms with E-state index in [1.807, 2.05) is 0 Å². The van der Waals surface area contributed by atoms with Crippen LogP contribution in [0.3, 0.4) is 0 Å². The maximum Gasteiger partial charge on any atom is 2.00 e. The second-order valence-corrected chi connectivity index (χ2v) is 1.22. The van der Waals surface area contributed by atoms with E-state index in [0.29, 0.717) is 0 Å². The fourth-order valence-corrected chi connectivity index (χ4v) is 0. The number of hydrogen-bond donors (Lipinski definition) is 0. The molecule has 0 atom stereocenters. The Bertz CT molecular complexity index is 106. The minimum absolute atomic E-state index is 0. The molecule has 0 spiro atoms. The van der Waals surface area contributed by atoms with Crippen LogP contribution in [0.25, 0.3) is 0 Å². The van der Waals surface area contributed by atoms with Gasteiger partial charge in [0.2, 0.25) is 0 Å². The molecule has 0 aliphatic rings. The van der Waals surface area contributed by atoms with Crippen LogP contribution in [-0.2, 0) is 29.9 Å². The summed E-state index contributed by atoms with van der Waals surface area (Å²) in [4.78, 5) is 0. The Morgan fingerprint density at radius 3 is 1.12 bits per heavy atom. The Labute approximate surface area is 71.2 Å². The molecule has 0 bridgehead atoms. The first-order valence-corrected chi connectivity index (χ1v) is 2.56. The van der Waals surface area contributed by atoms with Crippen molar-refractivity contribution >= 4 is 34.3 Å². The molecule has 0 aliphatic heterocycles. The van der Waals surface area contributed by atoms with Crippen molar-refractivity contribution in [3.63, 3.8) is 0 Å². The SMILES string of the molecule is O=S(=O)([O-])[O-].[O]=[Co].[Sn+2]. The molecule has 0 heterocycles. The van der Waals surface area contributed by atoms with E-state index < -0.39 is 10.4 Å². The minimum Gasteiger partial charge on any atom is 2.00 e. The zero-order chi connectivity index (χ0) is 6.50. The van der Waals surface area contributed by atoms with Crippen LogP contribution in [-0.4, -0.2) is 41.4 Å². The first-order valence-electron chi connectivity index (χ1n) is 0.803. The zero-order valence-corrected chi connectivity index (χ0v) is 7.99. The van der Waals surface area contributed by atoms with Crippen molar-refractivity contribution in [1.29, 1.82) is 0 Å². The smallest absolute Gasteiger partial charge is 2.00 e. The van der Waals surface area contributed by atoms with E-state index in [0.717, 1.165) is 0 Å². The molecule has 0 aromatic heterocycles. The van der Waals surface area contributed by atoms with E-state index in [1.54, 1.807) is 0 Å². The van der Waals surface area contributed by atoms with Gasteiger partial charge in [-0.05, 0) is 0 Å². The van der Waals surface area contributed by atoms with Gasteiger partial charge in [-0.3, -0.25) is 8.42 Å². The quantitative estimate of drug-likeness (QED) is 0.296. The summed E-state index contributed by atoms with van der Waals surface area (Å²) in [5.74, 6) is 0. The predicted octanol–water partition coefficient (Wildman–Crippen LogP) is -1.84. The first kappa shape index (κ1) is 16.0. The molecule has 0 fully saturated rings. The van der Waals surface area contributed by atoms with Gasteiger partial charge >= 0.3 is 43.4 Å². The van der Waals surface area contributed by atoms with Crippen LogP contribution < -0.4 is 0 Å². The summed E-state index contributed by atoms with van der Waals surface area (Å²) in [5, 5.41) is 0. The normalized spacial score (nSPS) is 7.88. The molecule has 0 amide bonds. The van der Waals surface area contributed by atoms with Crippen molar-refractivity contribution in [1.82, 2.24) is 0 Å². The Morgan fingerprint density at radius 1 is 1.12 bits per heavy atom. The fourth-order valence-electron chi connectivity index (χ4n) is 0. The van der Waals surface area contributed by atoms with Gasteiger partial charge < -0.3 is 9.11 Å². The second kappa shape index (κ2) is 7.98. The molecular weight excluding hydrogens is 290 g/mol. The van der Waals surface area contributed by atoms with Gasteiger partial charge in [0.1, 0.15) is 0 Å². The Morgan fingerprint density at radius 2 is 1.12 bits per heavy atom. The molecule has 0 unspecified atom stereocenters. The van der Waals surface area contributed by atoms with Gasteiger partial charge in [0.25, 0.3) is 0 Å². The second-order valence-electron chi connectivity index (χ2n) is 0.408. The van der Waals surface area contributed by atoms with Gasteiger partial charge in [-0.15, -0.1) is 0 Å². The molecule has 8 heavy (non-hydrogen) atoms. The molecule has 8 heteroatoms. The molecular formula is CoO5SSn. The van der Waals surface area contributed by atoms with Crippen LogP contribution in [0.15, 0.2) is 0 Å². The molecule has 0 aliphatic carbocycles. The summed E-state index contributed by atoms with van der Waals surface area (Å²) in [6.07, 6.45) is 0. The van der Waals surface area contributed by atoms with Crippen LogP contribution in [0.2, 0.25) is 0 Å². The zero-order valence-electron chi connectivity index (χ0n) is 3.28. The summed E-state index contributed by atoms with van der Waals surface area (Å²) < 4.78 is 42.0. The Kier molecular flexibility index (Phi) is 15.9. The molecule has 2 radical (unpaired) electrons. The summed E-state index contributed by atoms with van der Waals surface area (Å²) >= 11 is 2.31. The fraction of sp³-hybridized carbons (Fsp3) is 0. The monoisotopic (exact) mass is 291 g/mol. The van der Waals surface area contributed by atoms with E-state index in [4.69, 9.17) is 21.4 Å². The number of rotatable bonds is 0. The van der Waals surface area contributed by atoms with Gasteiger partial charge in [-0.1, -0.05) is 0 Å². The third kappa shape index (κ3) is 262. The van der Waals surface area contributed by atoms with E-state index >= 15 is 0 Å². The van der Waals surface area contributed by atoms with E-state index in [-0.39, 0.29) is 23.9 Å². The maximum atomic E-state index is 8.52. The average Bonchev–Trinajstić information content (AvgIpc) is 1.36. The molecule has 0 saturated carbocycles. The topological polar surface area (TPSA) is 97.3 Å². The molecule has 0 saturated heterocycles. The van der Waals surface area contributed by atoms with Gasteiger partial charge in [0, 0.05) is 10.4 Å². The van der Waals surface area contributed by atoms with Crippen LogP contribution in [0.1, 0.15) is 0 Å². The summed E-state index contributed by atoms with van der Waals surface area (Å²) in [5.41, 5.74) is 0. The average molecular weight is 290 g/mol. The molecule has 49 valence electrons. The van der Waals surface area contributed by atoms with Crippen molar-refractivity contribution < 1.29 is 37.1 Å². The van der Waals surface area contributed by atoms with Gasteiger partial charge in [0.05, 0.1) is 0 Å². The largest absolute Gasteiger partial charge is 2.00 e.